The van der Waals surface area contributed by atoms with Crippen molar-refractivity contribution in [2.45, 2.75) is 32.7 Å². The van der Waals surface area contributed by atoms with Crippen LogP contribution in [0.3, 0.4) is 0 Å². The SMILES string of the molecule is CCOc1ccc(C(=O)N2CCC(N)CC2)cc1OCC.Cl. The highest BCUT2D eigenvalue weighted by Crippen LogP contribution is 2.29. The van der Waals surface area contributed by atoms with E-state index in [0.717, 1.165) is 25.9 Å². The van der Waals surface area contributed by atoms with Gasteiger partial charge in [-0.05, 0) is 44.9 Å². The number of hydrogen-bond donors (Lipinski definition) is 1. The van der Waals surface area contributed by atoms with Crippen LogP contribution in [0.1, 0.15) is 37.0 Å². The van der Waals surface area contributed by atoms with Crippen LogP contribution in [0.4, 0.5) is 0 Å². The topological polar surface area (TPSA) is 64.8 Å². The molecule has 1 aliphatic rings. The summed E-state index contributed by atoms with van der Waals surface area (Å²) in [4.78, 5) is 14.4. The van der Waals surface area contributed by atoms with E-state index in [1.165, 1.54) is 0 Å². The lowest BCUT2D eigenvalue weighted by atomic mass is 10.0. The number of likely N-dealkylation sites (tertiary alicyclic amines) is 1. The van der Waals surface area contributed by atoms with E-state index in [4.69, 9.17) is 15.2 Å². The molecule has 0 spiro atoms. The number of rotatable bonds is 5. The Balaban J connectivity index is 0.00000242. The lowest BCUT2D eigenvalue weighted by molar-refractivity contribution is 0.0714. The Morgan fingerprint density at radius 2 is 1.77 bits per heavy atom. The van der Waals surface area contributed by atoms with Crippen LogP contribution in [0.5, 0.6) is 11.5 Å². The van der Waals surface area contributed by atoms with E-state index in [0.29, 0.717) is 30.3 Å². The van der Waals surface area contributed by atoms with Crippen LogP contribution in [-0.2, 0) is 0 Å². The minimum atomic E-state index is 0. The molecule has 0 aliphatic carbocycles. The van der Waals surface area contributed by atoms with Gasteiger partial charge in [0.25, 0.3) is 5.91 Å². The summed E-state index contributed by atoms with van der Waals surface area (Å²) >= 11 is 0. The number of halogens is 1. The van der Waals surface area contributed by atoms with E-state index in [2.05, 4.69) is 0 Å². The summed E-state index contributed by atoms with van der Waals surface area (Å²) in [5, 5.41) is 0. The van der Waals surface area contributed by atoms with Gasteiger partial charge in [-0.15, -0.1) is 12.4 Å². The fourth-order valence-electron chi connectivity index (χ4n) is 2.47. The van der Waals surface area contributed by atoms with Gasteiger partial charge in [0.05, 0.1) is 13.2 Å². The van der Waals surface area contributed by atoms with Gasteiger partial charge in [-0.2, -0.15) is 0 Å². The van der Waals surface area contributed by atoms with Gasteiger partial charge in [-0.1, -0.05) is 0 Å². The molecule has 1 fully saturated rings. The number of carbonyl (C=O) groups is 1. The second-order valence-electron chi connectivity index (χ2n) is 5.16. The average molecular weight is 329 g/mol. The maximum absolute atomic E-state index is 12.5. The molecule has 124 valence electrons. The Hall–Kier alpha value is -1.46. The van der Waals surface area contributed by atoms with Gasteiger partial charge < -0.3 is 20.1 Å². The lowest BCUT2D eigenvalue weighted by Crippen LogP contribution is -2.42. The van der Waals surface area contributed by atoms with E-state index in [-0.39, 0.29) is 24.4 Å². The van der Waals surface area contributed by atoms with E-state index < -0.39 is 0 Å². The molecule has 5 nitrogen and oxygen atoms in total. The van der Waals surface area contributed by atoms with Gasteiger partial charge >= 0.3 is 0 Å². The maximum Gasteiger partial charge on any atom is 0.253 e. The van der Waals surface area contributed by atoms with Crippen molar-refractivity contribution in [1.29, 1.82) is 0 Å². The summed E-state index contributed by atoms with van der Waals surface area (Å²) < 4.78 is 11.1. The normalized spacial score (nSPS) is 15.1. The number of nitrogens with two attached hydrogens (primary N) is 1. The molecule has 1 amide bonds. The molecular weight excluding hydrogens is 304 g/mol. The van der Waals surface area contributed by atoms with E-state index in [1.807, 2.05) is 18.7 Å². The van der Waals surface area contributed by atoms with Crippen LogP contribution >= 0.6 is 12.4 Å². The molecule has 1 aliphatic heterocycles. The fraction of sp³-hybridized carbons (Fsp3) is 0.562. The van der Waals surface area contributed by atoms with Gasteiger partial charge in [0.1, 0.15) is 0 Å². The second kappa shape index (κ2) is 8.86. The zero-order valence-corrected chi connectivity index (χ0v) is 14.0. The molecule has 0 unspecified atom stereocenters. The zero-order valence-electron chi connectivity index (χ0n) is 13.2. The Morgan fingerprint density at radius 3 is 2.36 bits per heavy atom. The van der Waals surface area contributed by atoms with Gasteiger partial charge in [-0.3, -0.25) is 4.79 Å². The number of nitrogens with zero attached hydrogens (tertiary/aromatic N) is 1. The summed E-state index contributed by atoms with van der Waals surface area (Å²) in [6, 6.07) is 5.58. The minimum Gasteiger partial charge on any atom is -0.490 e. The van der Waals surface area contributed by atoms with Crippen LogP contribution in [0.25, 0.3) is 0 Å². The number of amides is 1. The smallest absolute Gasteiger partial charge is 0.253 e. The first-order valence-electron chi connectivity index (χ1n) is 7.60. The summed E-state index contributed by atoms with van der Waals surface area (Å²) in [5.74, 6) is 1.33. The maximum atomic E-state index is 12.5. The second-order valence-corrected chi connectivity index (χ2v) is 5.16. The number of piperidine rings is 1. The monoisotopic (exact) mass is 328 g/mol. The van der Waals surface area contributed by atoms with E-state index in [1.54, 1.807) is 18.2 Å². The standard InChI is InChI=1S/C16H24N2O3.ClH/c1-3-20-14-6-5-12(11-15(14)21-4-2)16(19)18-9-7-13(17)8-10-18;/h5-6,11,13H,3-4,7-10,17H2,1-2H3;1H. The first-order chi connectivity index (χ1) is 10.2. The summed E-state index contributed by atoms with van der Waals surface area (Å²) in [6.07, 6.45) is 1.72. The van der Waals surface area contributed by atoms with Crippen molar-refractivity contribution in [2.75, 3.05) is 26.3 Å². The predicted octanol–water partition coefficient (Wildman–Crippen LogP) is 2.47. The van der Waals surface area contributed by atoms with Gasteiger partial charge in [0.2, 0.25) is 0 Å². The molecule has 0 saturated carbocycles. The van der Waals surface area contributed by atoms with Crippen LogP contribution in [0.15, 0.2) is 18.2 Å². The quantitative estimate of drug-likeness (QED) is 0.901. The Kier molecular flexibility index (Phi) is 7.48. The molecule has 6 heteroatoms. The zero-order chi connectivity index (χ0) is 15.2. The fourth-order valence-corrected chi connectivity index (χ4v) is 2.47. The van der Waals surface area contributed by atoms with Crippen molar-refractivity contribution in [1.82, 2.24) is 4.90 Å². The summed E-state index contributed by atoms with van der Waals surface area (Å²) in [7, 11) is 0. The molecule has 1 aromatic carbocycles. The molecule has 0 radical (unpaired) electrons. The highest BCUT2D eigenvalue weighted by molar-refractivity contribution is 5.95. The molecule has 2 N–H and O–H groups in total. The predicted molar refractivity (Wildman–Crippen MR) is 89.1 cm³/mol. The molecule has 1 aromatic rings. The number of ether oxygens (including phenoxy) is 2. The summed E-state index contributed by atoms with van der Waals surface area (Å²) in [5.41, 5.74) is 6.51. The molecule has 0 aromatic heterocycles. The largest absolute Gasteiger partial charge is 0.490 e. The molecule has 2 rings (SSSR count). The van der Waals surface area contributed by atoms with Crippen LogP contribution < -0.4 is 15.2 Å². The average Bonchev–Trinajstić information content (AvgIpc) is 2.49. The third-order valence-corrected chi connectivity index (χ3v) is 3.62. The van der Waals surface area contributed by atoms with Gasteiger partial charge in [-0.25, -0.2) is 0 Å². The van der Waals surface area contributed by atoms with Crippen LogP contribution in [0.2, 0.25) is 0 Å². The molecule has 0 atom stereocenters. The molecule has 0 bridgehead atoms. The summed E-state index contributed by atoms with van der Waals surface area (Å²) in [6.45, 7) is 6.38. The van der Waals surface area contributed by atoms with Crippen molar-refractivity contribution in [2.24, 2.45) is 5.73 Å². The highest BCUT2D eigenvalue weighted by atomic mass is 35.5. The third kappa shape index (κ3) is 4.52. The molecule has 1 heterocycles. The van der Waals surface area contributed by atoms with E-state index in [9.17, 15) is 4.79 Å². The van der Waals surface area contributed by atoms with Gasteiger partial charge in [0, 0.05) is 24.7 Å². The van der Waals surface area contributed by atoms with Crippen molar-refractivity contribution in [3.8, 4) is 11.5 Å². The lowest BCUT2D eigenvalue weighted by Gasteiger charge is -2.30. The number of benzene rings is 1. The first kappa shape index (κ1) is 18.6. The Bertz CT molecular complexity index is 488. The van der Waals surface area contributed by atoms with E-state index >= 15 is 0 Å². The number of hydrogen-bond acceptors (Lipinski definition) is 4. The van der Waals surface area contributed by atoms with Crippen molar-refractivity contribution >= 4 is 18.3 Å². The van der Waals surface area contributed by atoms with Crippen molar-refractivity contribution < 1.29 is 14.3 Å². The highest BCUT2D eigenvalue weighted by Gasteiger charge is 2.22. The molecular formula is C16H25ClN2O3. The number of carbonyl (C=O) groups excluding carboxylic acids is 1. The van der Waals surface area contributed by atoms with Crippen molar-refractivity contribution in [3.05, 3.63) is 23.8 Å². The van der Waals surface area contributed by atoms with Crippen LogP contribution in [0, 0.1) is 0 Å². The van der Waals surface area contributed by atoms with Crippen molar-refractivity contribution in [3.63, 3.8) is 0 Å². The molecule has 1 saturated heterocycles. The van der Waals surface area contributed by atoms with Crippen LogP contribution in [-0.4, -0.2) is 43.2 Å². The first-order valence-corrected chi connectivity index (χ1v) is 7.60. The minimum absolute atomic E-state index is 0. The Morgan fingerprint density at radius 1 is 1.18 bits per heavy atom. The van der Waals surface area contributed by atoms with Gasteiger partial charge in [0.15, 0.2) is 11.5 Å². The Labute approximate surface area is 138 Å². The molecule has 22 heavy (non-hydrogen) atoms. The third-order valence-electron chi connectivity index (χ3n) is 3.62.